The molecule has 0 aliphatic carbocycles. The number of halogens is 1. The van der Waals surface area contributed by atoms with Crippen LogP contribution >= 0.6 is 11.6 Å². The summed E-state index contributed by atoms with van der Waals surface area (Å²) >= 11 is 5.73. The van der Waals surface area contributed by atoms with E-state index < -0.39 is 11.4 Å². The van der Waals surface area contributed by atoms with Crippen LogP contribution in [0.2, 0.25) is 5.02 Å². The van der Waals surface area contributed by atoms with Crippen molar-refractivity contribution in [2.75, 3.05) is 0 Å². The predicted octanol–water partition coefficient (Wildman–Crippen LogP) is 2.66. The molecule has 0 unspecified atom stereocenters. The van der Waals surface area contributed by atoms with E-state index in [9.17, 15) is 9.59 Å². The van der Waals surface area contributed by atoms with Crippen molar-refractivity contribution in [3.63, 3.8) is 0 Å². The summed E-state index contributed by atoms with van der Waals surface area (Å²) in [4.78, 5) is 22.0. The maximum absolute atomic E-state index is 11.3. The number of carboxylic acids is 1. The van der Waals surface area contributed by atoms with Gasteiger partial charge in [-0.2, -0.15) is 0 Å². The maximum atomic E-state index is 11.3. The van der Waals surface area contributed by atoms with Crippen LogP contribution in [0, 0.1) is 0 Å². The zero-order chi connectivity index (χ0) is 12.4. The average Bonchev–Trinajstić information content (AvgIpc) is 2.29. The minimum absolute atomic E-state index is 0.201. The molecule has 2 aromatic rings. The molecule has 0 saturated heterocycles. The molecule has 86 valence electrons. The van der Waals surface area contributed by atoms with E-state index in [1.165, 1.54) is 6.07 Å². The van der Waals surface area contributed by atoms with Crippen LogP contribution in [-0.4, -0.2) is 11.1 Å². The Balaban J connectivity index is 2.55. The highest BCUT2D eigenvalue weighted by Gasteiger charge is 2.10. The highest BCUT2D eigenvalue weighted by Crippen LogP contribution is 2.21. The number of aromatic carboxylic acids is 1. The molecule has 1 aromatic heterocycles. The molecule has 0 bridgehead atoms. The van der Waals surface area contributed by atoms with E-state index >= 15 is 0 Å². The molecule has 1 aromatic carbocycles. The second-order valence-corrected chi connectivity index (χ2v) is 3.77. The summed E-state index contributed by atoms with van der Waals surface area (Å²) in [6, 6.07) is 8.71. The van der Waals surface area contributed by atoms with Crippen LogP contribution in [0.1, 0.15) is 10.6 Å². The monoisotopic (exact) mass is 250 g/mol. The number of hydrogen-bond acceptors (Lipinski definition) is 3. The van der Waals surface area contributed by atoms with E-state index in [0.29, 0.717) is 10.6 Å². The van der Waals surface area contributed by atoms with Gasteiger partial charge in [0.25, 0.3) is 0 Å². The zero-order valence-corrected chi connectivity index (χ0v) is 9.27. The summed E-state index contributed by atoms with van der Waals surface area (Å²) in [5.41, 5.74) is 0.174. The van der Waals surface area contributed by atoms with Crippen molar-refractivity contribution in [3.8, 4) is 11.3 Å². The molecule has 0 atom stereocenters. The summed E-state index contributed by atoms with van der Waals surface area (Å²) in [5, 5.41) is 9.32. The molecular weight excluding hydrogens is 244 g/mol. The Kier molecular flexibility index (Phi) is 2.97. The Hall–Kier alpha value is -2.07. The molecule has 17 heavy (non-hydrogen) atoms. The molecule has 0 amide bonds. The van der Waals surface area contributed by atoms with Gasteiger partial charge in [0.15, 0.2) is 5.43 Å². The molecule has 2 rings (SSSR count). The van der Waals surface area contributed by atoms with Crippen LogP contribution in [-0.2, 0) is 0 Å². The highest BCUT2D eigenvalue weighted by atomic mass is 35.5. The lowest BCUT2D eigenvalue weighted by Crippen LogP contribution is -2.05. The van der Waals surface area contributed by atoms with Crippen LogP contribution in [0.5, 0.6) is 0 Å². The second kappa shape index (κ2) is 4.43. The van der Waals surface area contributed by atoms with Crippen molar-refractivity contribution in [3.05, 3.63) is 57.4 Å². The Morgan fingerprint density at radius 3 is 2.41 bits per heavy atom. The molecule has 0 spiro atoms. The first-order valence-corrected chi connectivity index (χ1v) is 5.08. The summed E-state index contributed by atoms with van der Waals surface area (Å²) in [5.74, 6) is -1.47. The van der Waals surface area contributed by atoms with Gasteiger partial charge in [-0.05, 0) is 24.3 Å². The normalized spacial score (nSPS) is 10.2. The van der Waals surface area contributed by atoms with Crippen molar-refractivity contribution >= 4 is 17.6 Å². The van der Waals surface area contributed by atoms with Crippen LogP contribution in [0.4, 0.5) is 0 Å². The highest BCUT2D eigenvalue weighted by molar-refractivity contribution is 6.30. The first-order valence-electron chi connectivity index (χ1n) is 4.71. The summed E-state index contributed by atoms with van der Waals surface area (Å²) < 4.78 is 5.10. The van der Waals surface area contributed by atoms with Crippen molar-refractivity contribution in [1.82, 2.24) is 0 Å². The van der Waals surface area contributed by atoms with E-state index in [-0.39, 0.29) is 11.5 Å². The van der Waals surface area contributed by atoms with E-state index in [0.717, 1.165) is 6.07 Å². The fraction of sp³-hybridized carbons (Fsp3) is 0. The van der Waals surface area contributed by atoms with Gasteiger partial charge in [0, 0.05) is 22.7 Å². The molecule has 5 heteroatoms. The number of rotatable bonds is 2. The van der Waals surface area contributed by atoms with Crippen LogP contribution in [0.25, 0.3) is 11.3 Å². The van der Waals surface area contributed by atoms with Gasteiger partial charge in [0.05, 0.1) is 0 Å². The quantitative estimate of drug-likeness (QED) is 0.890. The molecule has 0 aliphatic rings. The smallest absolute Gasteiger partial charge is 0.371 e. The second-order valence-electron chi connectivity index (χ2n) is 3.33. The topological polar surface area (TPSA) is 67.5 Å². The van der Waals surface area contributed by atoms with Gasteiger partial charge in [0.2, 0.25) is 5.76 Å². The van der Waals surface area contributed by atoms with Gasteiger partial charge >= 0.3 is 5.97 Å². The summed E-state index contributed by atoms with van der Waals surface area (Å²) in [6.07, 6.45) is 0. The fourth-order valence-corrected chi connectivity index (χ4v) is 1.47. The van der Waals surface area contributed by atoms with E-state index in [2.05, 4.69) is 0 Å². The summed E-state index contributed by atoms with van der Waals surface area (Å²) in [6.45, 7) is 0. The molecule has 0 aliphatic heterocycles. The third-order valence-electron chi connectivity index (χ3n) is 2.11. The number of hydrogen-bond donors (Lipinski definition) is 1. The zero-order valence-electron chi connectivity index (χ0n) is 8.51. The van der Waals surface area contributed by atoms with E-state index in [1.807, 2.05) is 0 Å². The van der Waals surface area contributed by atoms with Gasteiger partial charge in [-0.25, -0.2) is 4.79 Å². The van der Waals surface area contributed by atoms with Crippen molar-refractivity contribution in [1.29, 1.82) is 0 Å². The summed E-state index contributed by atoms with van der Waals surface area (Å²) in [7, 11) is 0. The van der Waals surface area contributed by atoms with Gasteiger partial charge in [-0.3, -0.25) is 4.79 Å². The standard InChI is InChI=1S/C12H7ClO4/c13-8-3-1-7(2-4-8)10-5-9(14)6-11(17-10)12(15)16/h1-6H,(H,15,16). The Morgan fingerprint density at radius 2 is 1.82 bits per heavy atom. The number of benzene rings is 1. The van der Waals surface area contributed by atoms with Gasteiger partial charge in [-0.15, -0.1) is 0 Å². The SMILES string of the molecule is O=C(O)c1cc(=O)cc(-c2ccc(Cl)cc2)o1. The Morgan fingerprint density at radius 1 is 1.18 bits per heavy atom. The van der Waals surface area contributed by atoms with Gasteiger partial charge < -0.3 is 9.52 Å². The first-order chi connectivity index (χ1) is 8.06. The molecule has 0 radical (unpaired) electrons. The number of carboxylic acid groups (broad SMARTS) is 1. The lowest BCUT2D eigenvalue weighted by Gasteiger charge is -2.01. The fourth-order valence-electron chi connectivity index (χ4n) is 1.34. The predicted molar refractivity (Wildman–Crippen MR) is 62.4 cm³/mol. The lowest BCUT2D eigenvalue weighted by atomic mass is 10.1. The maximum Gasteiger partial charge on any atom is 0.371 e. The molecule has 0 fully saturated rings. The lowest BCUT2D eigenvalue weighted by molar-refractivity contribution is 0.0660. The molecule has 4 nitrogen and oxygen atoms in total. The first kappa shape index (κ1) is 11.4. The molecular formula is C12H7ClO4. The van der Waals surface area contributed by atoms with Crippen molar-refractivity contribution in [2.24, 2.45) is 0 Å². The van der Waals surface area contributed by atoms with Gasteiger partial charge in [-0.1, -0.05) is 11.6 Å². The third-order valence-corrected chi connectivity index (χ3v) is 2.36. The minimum Gasteiger partial charge on any atom is -0.475 e. The van der Waals surface area contributed by atoms with Crippen LogP contribution in [0.15, 0.2) is 45.6 Å². The van der Waals surface area contributed by atoms with Crippen LogP contribution < -0.4 is 5.43 Å². The van der Waals surface area contributed by atoms with Crippen molar-refractivity contribution < 1.29 is 14.3 Å². The molecule has 1 N–H and O–H groups in total. The molecule has 1 heterocycles. The molecule has 0 saturated carbocycles. The minimum atomic E-state index is -1.28. The van der Waals surface area contributed by atoms with E-state index in [4.69, 9.17) is 21.1 Å². The van der Waals surface area contributed by atoms with Gasteiger partial charge in [0.1, 0.15) is 5.76 Å². The Labute approximate surface area is 101 Å². The average molecular weight is 251 g/mol. The largest absolute Gasteiger partial charge is 0.475 e. The Bertz CT molecular complexity index is 613. The van der Waals surface area contributed by atoms with Crippen LogP contribution in [0.3, 0.4) is 0 Å². The van der Waals surface area contributed by atoms with Crippen molar-refractivity contribution in [2.45, 2.75) is 0 Å². The number of carbonyl (C=O) groups is 1. The third kappa shape index (κ3) is 2.54. The van der Waals surface area contributed by atoms with E-state index in [1.54, 1.807) is 24.3 Å².